The third kappa shape index (κ3) is 1.77. The lowest BCUT2D eigenvalue weighted by atomic mass is 10.0. The summed E-state index contributed by atoms with van der Waals surface area (Å²) in [6, 6.07) is 7.53. The van der Waals surface area contributed by atoms with Gasteiger partial charge in [0.1, 0.15) is 0 Å². The molecule has 0 aliphatic carbocycles. The third-order valence-electron chi connectivity index (χ3n) is 2.57. The van der Waals surface area contributed by atoms with E-state index in [1.54, 1.807) is 0 Å². The van der Waals surface area contributed by atoms with Gasteiger partial charge in [0.15, 0.2) is 0 Å². The highest BCUT2D eigenvalue weighted by Crippen LogP contribution is 2.20. The number of amides is 1. The summed E-state index contributed by atoms with van der Waals surface area (Å²) in [5.74, 6) is -0.0721. The Hall–Kier alpha value is -1.35. The average Bonchev–Trinajstić information content (AvgIpc) is 2.18. The standard InChI is InChI=1S/C11H14N2O/c12-9-6-3-5-8-4-1-2-7-10(8)13-11(9)14/h1-2,4,7,9H,3,5-6,12H2,(H,13,14)/t9-/m0/s1. The number of nitrogens with one attached hydrogen (secondary N) is 1. The molecule has 74 valence electrons. The maximum absolute atomic E-state index is 11.5. The normalized spacial score (nSPS) is 21.8. The van der Waals surface area contributed by atoms with Crippen molar-refractivity contribution >= 4 is 11.6 Å². The molecule has 1 atom stereocenters. The van der Waals surface area contributed by atoms with Crippen molar-refractivity contribution in [3.8, 4) is 0 Å². The summed E-state index contributed by atoms with van der Waals surface area (Å²) in [4.78, 5) is 11.5. The van der Waals surface area contributed by atoms with Gasteiger partial charge in [0.25, 0.3) is 0 Å². The predicted molar refractivity (Wildman–Crippen MR) is 56.0 cm³/mol. The van der Waals surface area contributed by atoms with Crippen LogP contribution in [0.5, 0.6) is 0 Å². The van der Waals surface area contributed by atoms with Gasteiger partial charge in [0.2, 0.25) is 5.91 Å². The first-order valence-corrected chi connectivity index (χ1v) is 4.92. The molecule has 1 amide bonds. The monoisotopic (exact) mass is 190 g/mol. The summed E-state index contributed by atoms with van der Waals surface area (Å²) in [6.45, 7) is 0. The van der Waals surface area contributed by atoms with Crippen molar-refractivity contribution in [2.45, 2.75) is 25.3 Å². The fraction of sp³-hybridized carbons (Fsp3) is 0.364. The largest absolute Gasteiger partial charge is 0.324 e. The zero-order valence-electron chi connectivity index (χ0n) is 7.99. The van der Waals surface area contributed by atoms with Crippen LogP contribution in [0.3, 0.4) is 0 Å². The number of nitrogens with two attached hydrogens (primary N) is 1. The number of fused-ring (bicyclic) bond motifs is 1. The number of hydrogen-bond donors (Lipinski definition) is 2. The second-order valence-electron chi connectivity index (χ2n) is 3.65. The average molecular weight is 190 g/mol. The highest BCUT2D eigenvalue weighted by Gasteiger charge is 2.17. The van der Waals surface area contributed by atoms with Gasteiger partial charge in [-0.3, -0.25) is 4.79 Å². The molecule has 0 bridgehead atoms. The van der Waals surface area contributed by atoms with Crippen LogP contribution in [0, 0.1) is 0 Å². The zero-order chi connectivity index (χ0) is 9.97. The Kier molecular flexibility index (Phi) is 2.50. The fourth-order valence-corrected chi connectivity index (χ4v) is 1.73. The lowest BCUT2D eigenvalue weighted by molar-refractivity contribution is -0.117. The van der Waals surface area contributed by atoms with Crippen LogP contribution in [0.25, 0.3) is 0 Å². The van der Waals surface area contributed by atoms with Gasteiger partial charge in [-0.15, -0.1) is 0 Å². The number of carbonyl (C=O) groups is 1. The molecule has 0 radical (unpaired) electrons. The van der Waals surface area contributed by atoms with Crippen molar-refractivity contribution < 1.29 is 4.79 Å². The summed E-state index contributed by atoms with van der Waals surface area (Å²) in [5.41, 5.74) is 7.80. The first-order valence-electron chi connectivity index (χ1n) is 4.92. The summed E-state index contributed by atoms with van der Waals surface area (Å²) in [7, 11) is 0. The summed E-state index contributed by atoms with van der Waals surface area (Å²) >= 11 is 0. The number of para-hydroxylation sites is 1. The number of benzene rings is 1. The van der Waals surface area contributed by atoms with Crippen LogP contribution in [0.2, 0.25) is 0 Å². The van der Waals surface area contributed by atoms with Crippen molar-refractivity contribution in [1.29, 1.82) is 0 Å². The molecule has 0 saturated heterocycles. The Balaban J connectivity index is 2.29. The number of aryl methyl sites for hydroxylation is 1. The van der Waals surface area contributed by atoms with Crippen LogP contribution in [-0.4, -0.2) is 11.9 Å². The minimum atomic E-state index is -0.358. The smallest absolute Gasteiger partial charge is 0.241 e. The van der Waals surface area contributed by atoms with E-state index in [0.717, 1.165) is 24.9 Å². The van der Waals surface area contributed by atoms with Gasteiger partial charge in [-0.1, -0.05) is 18.2 Å². The second kappa shape index (κ2) is 3.80. The molecule has 0 aromatic heterocycles. The molecule has 0 fully saturated rings. The molecule has 3 heteroatoms. The molecule has 1 aromatic carbocycles. The Bertz CT molecular complexity index is 349. The molecular formula is C11H14N2O. The number of anilines is 1. The molecule has 1 aliphatic heterocycles. The van der Waals surface area contributed by atoms with E-state index in [1.807, 2.05) is 24.3 Å². The van der Waals surface area contributed by atoms with Crippen molar-refractivity contribution in [3.05, 3.63) is 29.8 Å². The van der Waals surface area contributed by atoms with E-state index in [1.165, 1.54) is 5.56 Å². The molecule has 3 nitrogen and oxygen atoms in total. The predicted octanol–water partition coefficient (Wildman–Crippen LogP) is 1.29. The van der Waals surface area contributed by atoms with Crippen LogP contribution >= 0.6 is 0 Å². The van der Waals surface area contributed by atoms with Gasteiger partial charge in [0.05, 0.1) is 6.04 Å². The maximum atomic E-state index is 11.5. The molecule has 1 aliphatic rings. The van der Waals surface area contributed by atoms with Crippen molar-refractivity contribution in [2.75, 3.05) is 5.32 Å². The molecule has 14 heavy (non-hydrogen) atoms. The van der Waals surface area contributed by atoms with Crippen molar-refractivity contribution in [3.63, 3.8) is 0 Å². The van der Waals surface area contributed by atoms with E-state index in [9.17, 15) is 4.79 Å². The topological polar surface area (TPSA) is 55.1 Å². The summed E-state index contributed by atoms with van der Waals surface area (Å²) in [6.07, 6.45) is 2.73. The molecule has 1 heterocycles. The van der Waals surface area contributed by atoms with E-state index in [4.69, 9.17) is 5.73 Å². The van der Waals surface area contributed by atoms with Crippen LogP contribution in [0.15, 0.2) is 24.3 Å². The first kappa shape index (κ1) is 9.21. The van der Waals surface area contributed by atoms with E-state index in [0.29, 0.717) is 0 Å². The van der Waals surface area contributed by atoms with Crippen LogP contribution in [0.1, 0.15) is 18.4 Å². The van der Waals surface area contributed by atoms with Gasteiger partial charge in [0, 0.05) is 5.69 Å². The van der Waals surface area contributed by atoms with Gasteiger partial charge < -0.3 is 11.1 Å². The maximum Gasteiger partial charge on any atom is 0.241 e. The lowest BCUT2D eigenvalue weighted by Crippen LogP contribution is -2.36. The number of rotatable bonds is 0. The van der Waals surface area contributed by atoms with Gasteiger partial charge in [-0.05, 0) is 30.9 Å². The first-order chi connectivity index (χ1) is 6.77. The van der Waals surface area contributed by atoms with E-state index < -0.39 is 0 Å². The van der Waals surface area contributed by atoms with Crippen LogP contribution < -0.4 is 11.1 Å². The molecular weight excluding hydrogens is 176 g/mol. The SMILES string of the molecule is N[C@H]1CCCc2ccccc2NC1=O. The van der Waals surface area contributed by atoms with Crippen molar-refractivity contribution in [2.24, 2.45) is 5.73 Å². The Morgan fingerprint density at radius 3 is 3.00 bits per heavy atom. The minimum Gasteiger partial charge on any atom is -0.324 e. The van der Waals surface area contributed by atoms with Crippen LogP contribution in [-0.2, 0) is 11.2 Å². The van der Waals surface area contributed by atoms with E-state index >= 15 is 0 Å². The molecule has 0 spiro atoms. The zero-order valence-corrected chi connectivity index (χ0v) is 7.99. The highest BCUT2D eigenvalue weighted by molar-refractivity contribution is 5.95. The van der Waals surface area contributed by atoms with Gasteiger partial charge >= 0.3 is 0 Å². The quantitative estimate of drug-likeness (QED) is 0.647. The number of carbonyl (C=O) groups excluding carboxylic acids is 1. The lowest BCUT2D eigenvalue weighted by Gasteiger charge is -2.18. The minimum absolute atomic E-state index is 0.0721. The Morgan fingerprint density at radius 1 is 1.36 bits per heavy atom. The molecule has 0 saturated carbocycles. The Morgan fingerprint density at radius 2 is 2.14 bits per heavy atom. The number of hydrogen-bond acceptors (Lipinski definition) is 2. The third-order valence-corrected chi connectivity index (χ3v) is 2.57. The summed E-state index contributed by atoms with van der Waals surface area (Å²) in [5, 5.41) is 2.85. The molecule has 1 aromatic rings. The second-order valence-corrected chi connectivity index (χ2v) is 3.65. The van der Waals surface area contributed by atoms with Gasteiger partial charge in [-0.25, -0.2) is 0 Å². The summed E-state index contributed by atoms with van der Waals surface area (Å²) < 4.78 is 0. The Labute approximate surface area is 83.3 Å². The molecule has 3 N–H and O–H groups in total. The molecule has 2 rings (SSSR count). The van der Waals surface area contributed by atoms with Crippen LogP contribution in [0.4, 0.5) is 5.69 Å². The molecule has 0 unspecified atom stereocenters. The fourth-order valence-electron chi connectivity index (χ4n) is 1.73. The highest BCUT2D eigenvalue weighted by atomic mass is 16.2. The van der Waals surface area contributed by atoms with E-state index in [-0.39, 0.29) is 11.9 Å². The van der Waals surface area contributed by atoms with Crippen molar-refractivity contribution in [1.82, 2.24) is 0 Å². The van der Waals surface area contributed by atoms with Gasteiger partial charge in [-0.2, -0.15) is 0 Å². The van der Waals surface area contributed by atoms with E-state index in [2.05, 4.69) is 5.32 Å².